The van der Waals surface area contributed by atoms with Gasteiger partial charge in [-0.05, 0) is 49.4 Å². The number of benzene rings is 1. The van der Waals surface area contributed by atoms with E-state index in [0.717, 1.165) is 17.5 Å². The minimum Gasteiger partial charge on any atom is -0.466 e. The number of aryl methyl sites for hydroxylation is 2. The van der Waals surface area contributed by atoms with Crippen LogP contribution in [-0.2, 0) is 22.4 Å². The maximum Gasteiger partial charge on any atom is 0.306 e. The summed E-state index contributed by atoms with van der Waals surface area (Å²) in [6, 6.07) is 8.45. The van der Waals surface area contributed by atoms with E-state index in [1.54, 1.807) is 0 Å². The van der Waals surface area contributed by atoms with Gasteiger partial charge < -0.3 is 4.74 Å². The molecule has 0 saturated carbocycles. The largest absolute Gasteiger partial charge is 0.466 e. The summed E-state index contributed by atoms with van der Waals surface area (Å²) in [5, 5.41) is 1.17. The van der Waals surface area contributed by atoms with Crippen molar-refractivity contribution in [2.75, 3.05) is 6.61 Å². The average Bonchev–Trinajstić information content (AvgIpc) is 2.51. The second kappa shape index (κ2) is 7.77. The molecule has 112 valence electrons. The van der Waals surface area contributed by atoms with Gasteiger partial charge in [-0.3, -0.25) is 9.78 Å². The van der Waals surface area contributed by atoms with Crippen molar-refractivity contribution in [2.45, 2.75) is 46.0 Å². The Bertz CT molecular complexity index is 607. The summed E-state index contributed by atoms with van der Waals surface area (Å²) in [6.07, 6.45) is 6.58. The van der Waals surface area contributed by atoms with Gasteiger partial charge in [0.15, 0.2) is 0 Å². The van der Waals surface area contributed by atoms with Gasteiger partial charge in [0.25, 0.3) is 0 Å². The highest BCUT2D eigenvalue weighted by Crippen LogP contribution is 2.17. The second-order valence-corrected chi connectivity index (χ2v) is 5.28. The number of esters is 1. The van der Waals surface area contributed by atoms with Crippen LogP contribution in [0.15, 0.2) is 30.5 Å². The average molecular weight is 285 g/mol. The van der Waals surface area contributed by atoms with E-state index < -0.39 is 0 Å². The van der Waals surface area contributed by atoms with Gasteiger partial charge in [0, 0.05) is 18.0 Å². The Balaban J connectivity index is 2.06. The number of ether oxygens (including phenoxy) is 1. The van der Waals surface area contributed by atoms with E-state index >= 15 is 0 Å². The number of carbonyl (C=O) groups is 1. The van der Waals surface area contributed by atoms with E-state index in [0.29, 0.717) is 19.4 Å². The molecule has 3 heteroatoms. The highest BCUT2D eigenvalue weighted by atomic mass is 16.5. The lowest BCUT2D eigenvalue weighted by atomic mass is 10.0. The highest BCUT2D eigenvalue weighted by molar-refractivity contribution is 5.80. The molecule has 1 aromatic heterocycles. The fraction of sp³-hybridized carbons (Fsp3) is 0.444. The lowest BCUT2D eigenvalue weighted by molar-refractivity contribution is -0.143. The summed E-state index contributed by atoms with van der Waals surface area (Å²) in [6.45, 7) is 4.47. The summed E-state index contributed by atoms with van der Waals surface area (Å²) in [4.78, 5) is 15.9. The first-order chi connectivity index (χ1) is 10.2. The summed E-state index contributed by atoms with van der Waals surface area (Å²) >= 11 is 0. The van der Waals surface area contributed by atoms with Crippen LogP contribution < -0.4 is 0 Å². The molecule has 0 spiro atoms. The Morgan fingerprint density at radius 1 is 1.14 bits per heavy atom. The lowest BCUT2D eigenvalue weighted by Crippen LogP contribution is -2.05. The number of carbonyl (C=O) groups excluding carboxylic acids is 1. The van der Waals surface area contributed by atoms with Gasteiger partial charge in [0.05, 0.1) is 12.1 Å². The molecule has 0 bridgehead atoms. The standard InChI is InChI=1S/C18H23NO2/c1-3-5-6-15-11-16-9-7-14(12-17(16)19-13-15)8-10-18(20)21-4-2/h7,9,11-13H,3-6,8,10H2,1-2H3. The summed E-state index contributed by atoms with van der Waals surface area (Å²) in [7, 11) is 0. The van der Waals surface area contributed by atoms with Gasteiger partial charge >= 0.3 is 5.97 Å². The minimum absolute atomic E-state index is 0.138. The fourth-order valence-electron chi connectivity index (χ4n) is 2.37. The maximum absolute atomic E-state index is 11.4. The second-order valence-electron chi connectivity index (χ2n) is 5.28. The Kier molecular flexibility index (Phi) is 5.73. The third-order valence-electron chi connectivity index (χ3n) is 3.55. The molecule has 2 aromatic rings. The minimum atomic E-state index is -0.138. The molecule has 0 aliphatic rings. The van der Waals surface area contributed by atoms with Crippen LogP contribution in [-0.4, -0.2) is 17.6 Å². The van der Waals surface area contributed by atoms with E-state index in [1.165, 1.54) is 23.8 Å². The smallest absolute Gasteiger partial charge is 0.306 e. The van der Waals surface area contributed by atoms with Crippen LogP contribution >= 0.6 is 0 Å². The molecule has 3 nitrogen and oxygen atoms in total. The van der Waals surface area contributed by atoms with Gasteiger partial charge in [0.1, 0.15) is 0 Å². The van der Waals surface area contributed by atoms with E-state index in [-0.39, 0.29) is 5.97 Å². The Morgan fingerprint density at radius 3 is 2.76 bits per heavy atom. The number of pyridine rings is 1. The van der Waals surface area contributed by atoms with Crippen molar-refractivity contribution in [2.24, 2.45) is 0 Å². The number of aromatic nitrogens is 1. The molecule has 0 N–H and O–H groups in total. The number of fused-ring (bicyclic) bond motifs is 1. The molecular formula is C18H23NO2. The molecule has 1 aromatic carbocycles. The van der Waals surface area contributed by atoms with Crippen LogP contribution in [0.5, 0.6) is 0 Å². The fourth-order valence-corrected chi connectivity index (χ4v) is 2.37. The predicted octanol–water partition coefficient (Wildman–Crippen LogP) is 4.07. The van der Waals surface area contributed by atoms with Crippen molar-refractivity contribution >= 4 is 16.9 Å². The van der Waals surface area contributed by atoms with Crippen molar-refractivity contribution in [1.29, 1.82) is 0 Å². The maximum atomic E-state index is 11.4. The van der Waals surface area contributed by atoms with E-state index in [4.69, 9.17) is 4.74 Å². The Hall–Kier alpha value is -1.90. The molecule has 21 heavy (non-hydrogen) atoms. The van der Waals surface area contributed by atoms with Gasteiger partial charge in [0.2, 0.25) is 0 Å². The molecule has 1 heterocycles. The third-order valence-corrected chi connectivity index (χ3v) is 3.55. The van der Waals surface area contributed by atoms with E-state index in [1.807, 2.05) is 13.1 Å². The quantitative estimate of drug-likeness (QED) is 0.720. The molecule has 0 fully saturated rings. The zero-order valence-electron chi connectivity index (χ0n) is 12.9. The Morgan fingerprint density at radius 2 is 2.00 bits per heavy atom. The molecule has 2 rings (SSSR count). The molecular weight excluding hydrogens is 262 g/mol. The highest BCUT2D eigenvalue weighted by Gasteiger charge is 2.04. The molecule has 0 aliphatic heterocycles. The van der Waals surface area contributed by atoms with Crippen LogP contribution in [0.25, 0.3) is 10.9 Å². The van der Waals surface area contributed by atoms with Gasteiger partial charge in [-0.2, -0.15) is 0 Å². The van der Waals surface area contributed by atoms with Crippen LogP contribution in [0.4, 0.5) is 0 Å². The van der Waals surface area contributed by atoms with Crippen molar-refractivity contribution < 1.29 is 9.53 Å². The topological polar surface area (TPSA) is 39.2 Å². The number of hydrogen-bond donors (Lipinski definition) is 0. The van der Waals surface area contributed by atoms with Crippen LogP contribution in [0, 0.1) is 0 Å². The van der Waals surface area contributed by atoms with Crippen LogP contribution in [0.1, 0.15) is 44.2 Å². The predicted molar refractivity (Wildman–Crippen MR) is 85.3 cm³/mol. The molecule has 0 radical (unpaired) electrons. The first-order valence-corrected chi connectivity index (χ1v) is 7.76. The van der Waals surface area contributed by atoms with Crippen LogP contribution in [0.2, 0.25) is 0 Å². The number of hydrogen-bond acceptors (Lipinski definition) is 3. The van der Waals surface area contributed by atoms with Gasteiger partial charge in [-0.25, -0.2) is 0 Å². The van der Waals surface area contributed by atoms with Gasteiger partial charge in [-0.1, -0.05) is 25.5 Å². The molecule has 0 saturated heterocycles. The monoisotopic (exact) mass is 285 g/mol. The van der Waals surface area contributed by atoms with Crippen LogP contribution in [0.3, 0.4) is 0 Å². The first-order valence-electron chi connectivity index (χ1n) is 7.76. The summed E-state index contributed by atoms with van der Waals surface area (Å²) < 4.78 is 4.95. The summed E-state index contributed by atoms with van der Waals surface area (Å²) in [5.74, 6) is -0.138. The van der Waals surface area contributed by atoms with E-state index in [2.05, 4.69) is 36.2 Å². The number of nitrogens with zero attached hydrogens (tertiary/aromatic N) is 1. The number of unbranched alkanes of at least 4 members (excludes halogenated alkanes) is 1. The third kappa shape index (κ3) is 4.55. The van der Waals surface area contributed by atoms with Crippen molar-refractivity contribution in [1.82, 2.24) is 4.98 Å². The summed E-state index contributed by atoms with van der Waals surface area (Å²) in [5.41, 5.74) is 3.42. The number of rotatable bonds is 7. The molecule has 0 atom stereocenters. The van der Waals surface area contributed by atoms with Crippen molar-refractivity contribution in [3.8, 4) is 0 Å². The van der Waals surface area contributed by atoms with Crippen molar-refractivity contribution in [3.05, 3.63) is 41.6 Å². The lowest BCUT2D eigenvalue weighted by Gasteiger charge is -2.06. The molecule has 0 aliphatic carbocycles. The Labute approximate surface area is 126 Å². The molecule has 0 unspecified atom stereocenters. The molecule has 0 amide bonds. The van der Waals surface area contributed by atoms with E-state index in [9.17, 15) is 4.79 Å². The SMILES string of the molecule is CCCCc1cnc2cc(CCC(=O)OCC)ccc2c1. The first kappa shape index (κ1) is 15.5. The van der Waals surface area contributed by atoms with Gasteiger partial charge in [-0.15, -0.1) is 0 Å². The zero-order valence-corrected chi connectivity index (χ0v) is 12.9. The zero-order chi connectivity index (χ0) is 15.1. The van der Waals surface area contributed by atoms with Crippen molar-refractivity contribution in [3.63, 3.8) is 0 Å². The normalized spacial score (nSPS) is 10.8.